The summed E-state index contributed by atoms with van der Waals surface area (Å²) in [5.74, 6) is 0.772. The molecule has 3 N–H and O–H groups in total. The summed E-state index contributed by atoms with van der Waals surface area (Å²) in [6, 6.07) is 0. The van der Waals surface area contributed by atoms with Crippen LogP contribution >= 0.6 is 11.3 Å². The Balaban J connectivity index is 1.89. The molecule has 1 fully saturated rings. The van der Waals surface area contributed by atoms with E-state index >= 15 is 0 Å². The van der Waals surface area contributed by atoms with Crippen molar-refractivity contribution in [2.24, 2.45) is 5.92 Å². The van der Waals surface area contributed by atoms with E-state index in [2.05, 4.69) is 15.5 Å². The van der Waals surface area contributed by atoms with Crippen molar-refractivity contribution < 1.29 is 0 Å². The number of nitrogens with two attached hydrogens (primary N) is 1. The summed E-state index contributed by atoms with van der Waals surface area (Å²) in [4.78, 5) is 0. The van der Waals surface area contributed by atoms with E-state index < -0.39 is 0 Å². The lowest BCUT2D eigenvalue weighted by Crippen LogP contribution is -2.28. The molecule has 0 radical (unpaired) electrons. The summed E-state index contributed by atoms with van der Waals surface area (Å²) in [5, 5.41) is 12.9. The second-order valence-electron chi connectivity index (χ2n) is 3.43. The summed E-state index contributed by atoms with van der Waals surface area (Å²) in [6.45, 7) is 2.28. The van der Waals surface area contributed by atoms with Crippen molar-refractivity contribution >= 4 is 16.5 Å². The van der Waals surface area contributed by atoms with Gasteiger partial charge in [-0.3, -0.25) is 0 Å². The van der Waals surface area contributed by atoms with Gasteiger partial charge in [-0.1, -0.05) is 11.3 Å². The molecule has 2 rings (SSSR count). The summed E-state index contributed by atoms with van der Waals surface area (Å²) < 4.78 is 0. The molecule has 4 nitrogen and oxygen atoms in total. The fraction of sp³-hybridized carbons (Fsp3) is 0.750. The van der Waals surface area contributed by atoms with Crippen LogP contribution in [0.3, 0.4) is 0 Å². The minimum absolute atomic E-state index is 0.587. The second kappa shape index (κ2) is 4.02. The largest absolute Gasteiger partial charge is 0.374 e. The van der Waals surface area contributed by atoms with Crippen LogP contribution in [0.2, 0.25) is 0 Å². The smallest absolute Gasteiger partial charge is 0.203 e. The molecule has 5 heteroatoms. The summed E-state index contributed by atoms with van der Waals surface area (Å²) in [5.41, 5.74) is 5.52. The molecular formula is C8H14N4S. The van der Waals surface area contributed by atoms with Gasteiger partial charge in [0.2, 0.25) is 5.13 Å². The van der Waals surface area contributed by atoms with Crippen LogP contribution in [0.1, 0.15) is 17.8 Å². The monoisotopic (exact) mass is 198 g/mol. The van der Waals surface area contributed by atoms with Crippen LogP contribution in [0.25, 0.3) is 0 Å². The van der Waals surface area contributed by atoms with E-state index in [-0.39, 0.29) is 0 Å². The maximum absolute atomic E-state index is 5.52. The SMILES string of the molecule is Nc1nnc(CC2CCNCC2)s1. The lowest BCUT2D eigenvalue weighted by Gasteiger charge is -2.21. The molecule has 0 atom stereocenters. The average molecular weight is 198 g/mol. The minimum atomic E-state index is 0.587. The topological polar surface area (TPSA) is 63.8 Å². The predicted octanol–water partition coefficient (Wildman–Crippen LogP) is 0.662. The number of hydrogen-bond donors (Lipinski definition) is 2. The molecule has 13 heavy (non-hydrogen) atoms. The first kappa shape index (κ1) is 8.90. The maximum Gasteiger partial charge on any atom is 0.203 e. The van der Waals surface area contributed by atoms with Crippen molar-refractivity contribution in [3.8, 4) is 0 Å². The van der Waals surface area contributed by atoms with E-state index in [9.17, 15) is 0 Å². The molecule has 2 heterocycles. The number of nitrogens with one attached hydrogen (secondary N) is 1. The maximum atomic E-state index is 5.52. The van der Waals surface area contributed by atoms with Gasteiger partial charge in [0.05, 0.1) is 0 Å². The van der Waals surface area contributed by atoms with E-state index in [1.807, 2.05) is 0 Å². The Kier molecular flexibility index (Phi) is 2.75. The van der Waals surface area contributed by atoms with Crippen LogP contribution in [-0.4, -0.2) is 23.3 Å². The van der Waals surface area contributed by atoms with Crippen molar-refractivity contribution in [3.05, 3.63) is 5.01 Å². The third kappa shape index (κ3) is 2.38. The van der Waals surface area contributed by atoms with Crippen molar-refractivity contribution in [2.75, 3.05) is 18.8 Å². The number of rotatable bonds is 2. The summed E-state index contributed by atoms with van der Waals surface area (Å²) >= 11 is 1.52. The molecule has 0 saturated carbocycles. The zero-order valence-electron chi connectivity index (χ0n) is 7.49. The van der Waals surface area contributed by atoms with Gasteiger partial charge in [0.25, 0.3) is 0 Å². The molecule has 1 aliphatic rings. The number of nitrogen functional groups attached to an aromatic ring is 1. The molecule has 1 saturated heterocycles. The van der Waals surface area contributed by atoms with Crippen molar-refractivity contribution in [1.82, 2.24) is 15.5 Å². The Hall–Kier alpha value is -0.680. The first-order valence-corrected chi connectivity index (χ1v) is 5.45. The lowest BCUT2D eigenvalue weighted by atomic mass is 9.95. The number of piperidine rings is 1. The van der Waals surface area contributed by atoms with E-state index in [4.69, 9.17) is 5.73 Å². The Morgan fingerprint density at radius 1 is 1.38 bits per heavy atom. The molecule has 0 unspecified atom stereocenters. The standard InChI is InChI=1S/C8H14N4S/c9-8-12-11-7(13-8)5-6-1-3-10-4-2-6/h6,10H,1-5H2,(H2,9,12). The molecule has 0 spiro atoms. The Morgan fingerprint density at radius 2 is 2.15 bits per heavy atom. The molecule has 1 aliphatic heterocycles. The zero-order valence-corrected chi connectivity index (χ0v) is 8.31. The number of nitrogens with zero attached hydrogens (tertiary/aromatic N) is 2. The van der Waals surface area contributed by atoms with Gasteiger partial charge in [-0.2, -0.15) is 0 Å². The molecule has 0 bridgehead atoms. The van der Waals surface area contributed by atoms with E-state index in [0.29, 0.717) is 5.13 Å². The van der Waals surface area contributed by atoms with E-state index in [1.165, 1.54) is 24.2 Å². The van der Waals surface area contributed by atoms with Crippen LogP contribution < -0.4 is 11.1 Å². The van der Waals surface area contributed by atoms with Gasteiger partial charge in [-0.05, 0) is 31.8 Å². The highest BCUT2D eigenvalue weighted by molar-refractivity contribution is 7.15. The lowest BCUT2D eigenvalue weighted by molar-refractivity contribution is 0.371. The molecular weight excluding hydrogens is 184 g/mol. The quantitative estimate of drug-likeness (QED) is 0.733. The summed E-state index contributed by atoms with van der Waals surface area (Å²) in [7, 11) is 0. The molecule has 0 aromatic carbocycles. The highest BCUT2D eigenvalue weighted by Gasteiger charge is 2.15. The number of anilines is 1. The molecule has 1 aromatic heterocycles. The van der Waals surface area contributed by atoms with Gasteiger partial charge in [0.15, 0.2) is 0 Å². The normalized spacial score (nSPS) is 19.1. The van der Waals surface area contributed by atoms with Crippen molar-refractivity contribution in [3.63, 3.8) is 0 Å². The van der Waals surface area contributed by atoms with Gasteiger partial charge in [0.1, 0.15) is 5.01 Å². The van der Waals surface area contributed by atoms with Crippen LogP contribution in [0.15, 0.2) is 0 Å². The van der Waals surface area contributed by atoms with Crippen molar-refractivity contribution in [2.45, 2.75) is 19.3 Å². The number of aromatic nitrogens is 2. The molecule has 0 aliphatic carbocycles. The van der Waals surface area contributed by atoms with E-state index in [0.717, 1.165) is 30.4 Å². The predicted molar refractivity (Wildman–Crippen MR) is 53.6 cm³/mol. The third-order valence-corrected chi connectivity index (χ3v) is 3.18. The first-order valence-electron chi connectivity index (χ1n) is 4.63. The molecule has 1 aromatic rings. The summed E-state index contributed by atoms with van der Waals surface area (Å²) in [6.07, 6.45) is 3.55. The highest BCUT2D eigenvalue weighted by Crippen LogP contribution is 2.20. The average Bonchev–Trinajstić information content (AvgIpc) is 2.53. The molecule has 0 amide bonds. The minimum Gasteiger partial charge on any atom is -0.374 e. The Morgan fingerprint density at radius 3 is 2.77 bits per heavy atom. The fourth-order valence-corrected chi connectivity index (χ4v) is 2.41. The van der Waals surface area contributed by atoms with Crippen LogP contribution in [-0.2, 0) is 6.42 Å². The van der Waals surface area contributed by atoms with Gasteiger partial charge in [0, 0.05) is 6.42 Å². The Bertz CT molecular complexity index is 267. The van der Waals surface area contributed by atoms with Crippen LogP contribution in [0.5, 0.6) is 0 Å². The highest BCUT2D eigenvalue weighted by atomic mass is 32.1. The van der Waals surface area contributed by atoms with Gasteiger partial charge >= 0.3 is 0 Å². The third-order valence-electron chi connectivity index (χ3n) is 2.40. The second-order valence-corrected chi connectivity index (χ2v) is 4.53. The van der Waals surface area contributed by atoms with Gasteiger partial charge in [-0.25, -0.2) is 0 Å². The van der Waals surface area contributed by atoms with Crippen molar-refractivity contribution in [1.29, 1.82) is 0 Å². The molecule has 72 valence electrons. The fourth-order valence-electron chi connectivity index (χ4n) is 1.68. The number of hydrogen-bond acceptors (Lipinski definition) is 5. The van der Waals surface area contributed by atoms with Crippen LogP contribution in [0.4, 0.5) is 5.13 Å². The first-order chi connectivity index (χ1) is 6.34. The van der Waals surface area contributed by atoms with Crippen LogP contribution in [0, 0.1) is 5.92 Å². The Labute approximate surface area is 81.6 Å². The van der Waals surface area contributed by atoms with Gasteiger partial charge < -0.3 is 11.1 Å². The zero-order chi connectivity index (χ0) is 9.10. The van der Waals surface area contributed by atoms with E-state index in [1.54, 1.807) is 0 Å². The van der Waals surface area contributed by atoms with Gasteiger partial charge in [-0.15, -0.1) is 10.2 Å².